The van der Waals surface area contributed by atoms with E-state index in [9.17, 15) is 0 Å². The number of hydrogen-bond acceptors (Lipinski definition) is 7. The number of methoxy groups -OCH3 is 1. The normalized spacial score (nSPS) is 15.8. The summed E-state index contributed by atoms with van der Waals surface area (Å²) in [4.78, 5) is 14.2. The Bertz CT molecular complexity index is 1060. The van der Waals surface area contributed by atoms with Gasteiger partial charge in [0.1, 0.15) is 17.8 Å². The number of fused-ring (bicyclic) bond motifs is 2. The zero-order valence-electron chi connectivity index (χ0n) is 14.3. The van der Waals surface area contributed by atoms with Crippen molar-refractivity contribution in [3.8, 4) is 5.88 Å². The van der Waals surface area contributed by atoms with Gasteiger partial charge in [0.15, 0.2) is 11.5 Å². The highest BCUT2D eigenvalue weighted by molar-refractivity contribution is 5.87. The van der Waals surface area contributed by atoms with Crippen molar-refractivity contribution in [2.45, 2.75) is 18.8 Å². The van der Waals surface area contributed by atoms with Gasteiger partial charge in [-0.05, 0) is 25.0 Å². The van der Waals surface area contributed by atoms with Gasteiger partial charge in [0, 0.05) is 31.3 Å². The van der Waals surface area contributed by atoms with E-state index in [-0.39, 0.29) is 0 Å². The van der Waals surface area contributed by atoms with Gasteiger partial charge in [0.2, 0.25) is 5.88 Å². The molecule has 132 valence electrons. The first-order valence-corrected chi connectivity index (χ1v) is 8.63. The van der Waals surface area contributed by atoms with E-state index in [0.29, 0.717) is 11.8 Å². The second kappa shape index (κ2) is 5.94. The lowest BCUT2D eigenvalue weighted by atomic mass is 9.96. The van der Waals surface area contributed by atoms with Gasteiger partial charge in [-0.15, -0.1) is 15.3 Å². The van der Waals surface area contributed by atoms with Crippen molar-refractivity contribution in [1.29, 1.82) is 0 Å². The molecule has 0 saturated carbocycles. The molecule has 0 amide bonds. The average Bonchev–Trinajstić information content (AvgIpc) is 3.34. The Labute approximate surface area is 149 Å². The number of aromatic amines is 1. The molecule has 0 aromatic carbocycles. The van der Waals surface area contributed by atoms with Crippen molar-refractivity contribution in [1.82, 2.24) is 34.8 Å². The molecule has 1 aliphatic heterocycles. The van der Waals surface area contributed by atoms with Crippen molar-refractivity contribution in [2.24, 2.45) is 0 Å². The highest BCUT2D eigenvalue weighted by Crippen LogP contribution is 2.31. The van der Waals surface area contributed by atoms with E-state index in [4.69, 9.17) is 4.74 Å². The first kappa shape index (κ1) is 15.1. The van der Waals surface area contributed by atoms with Gasteiger partial charge >= 0.3 is 0 Å². The Hall–Kier alpha value is -3.23. The van der Waals surface area contributed by atoms with Crippen LogP contribution in [-0.2, 0) is 0 Å². The Balaban J connectivity index is 1.40. The molecule has 4 aromatic rings. The predicted octanol–water partition coefficient (Wildman–Crippen LogP) is 1.79. The maximum Gasteiger partial charge on any atom is 0.231 e. The molecule has 0 spiro atoms. The first-order valence-electron chi connectivity index (χ1n) is 8.63. The second-order valence-corrected chi connectivity index (χ2v) is 6.40. The number of ether oxygens (including phenoxy) is 1. The second-order valence-electron chi connectivity index (χ2n) is 6.40. The molecule has 1 saturated heterocycles. The summed E-state index contributed by atoms with van der Waals surface area (Å²) < 4.78 is 7.03. The summed E-state index contributed by atoms with van der Waals surface area (Å²) >= 11 is 0. The lowest BCUT2D eigenvalue weighted by Gasteiger charge is -2.32. The third kappa shape index (κ3) is 2.35. The van der Waals surface area contributed by atoms with Gasteiger partial charge in [-0.25, -0.2) is 9.97 Å². The zero-order valence-corrected chi connectivity index (χ0v) is 14.3. The first-order chi connectivity index (χ1) is 12.8. The molecule has 9 nitrogen and oxygen atoms in total. The predicted molar refractivity (Wildman–Crippen MR) is 95.4 cm³/mol. The average molecular weight is 350 g/mol. The van der Waals surface area contributed by atoms with E-state index in [1.165, 1.54) is 0 Å². The summed E-state index contributed by atoms with van der Waals surface area (Å²) in [6.45, 7) is 1.81. The molecule has 0 aliphatic carbocycles. The smallest absolute Gasteiger partial charge is 0.231 e. The van der Waals surface area contributed by atoms with Crippen LogP contribution in [0.1, 0.15) is 24.6 Å². The van der Waals surface area contributed by atoms with Crippen LogP contribution in [0.3, 0.4) is 0 Å². The van der Waals surface area contributed by atoms with E-state index < -0.39 is 0 Å². The SMILES string of the molecule is COc1ccc2nnc(C3CCN(c4ncnc5[nH]ccc45)CC3)n2n1. The lowest BCUT2D eigenvalue weighted by molar-refractivity contribution is 0.387. The summed E-state index contributed by atoms with van der Waals surface area (Å²) in [7, 11) is 1.61. The number of nitrogens with one attached hydrogen (secondary N) is 1. The molecule has 0 bridgehead atoms. The van der Waals surface area contributed by atoms with E-state index in [0.717, 1.165) is 54.3 Å². The molecule has 1 fully saturated rings. The highest BCUT2D eigenvalue weighted by atomic mass is 16.5. The number of nitrogens with zero attached hydrogens (tertiary/aromatic N) is 7. The van der Waals surface area contributed by atoms with Crippen molar-refractivity contribution < 1.29 is 4.74 Å². The van der Waals surface area contributed by atoms with Gasteiger partial charge < -0.3 is 14.6 Å². The van der Waals surface area contributed by atoms with Crippen LogP contribution in [0.15, 0.2) is 30.7 Å². The highest BCUT2D eigenvalue weighted by Gasteiger charge is 2.26. The molecule has 26 heavy (non-hydrogen) atoms. The third-order valence-electron chi connectivity index (χ3n) is 4.96. The Morgan fingerprint density at radius 3 is 2.85 bits per heavy atom. The fraction of sp³-hybridized carbons (Fsp3) is 0.353. The number of aromatic nitrogens is 7. The van der Waals surface area contributed by atoms with Crippen LogP contribution in [0.4, 0.5) is 5.82 Å². The molecule has 5 rings (SSSR count). The molecule has 9 heteroatoms. The molecular weight excluding hydrogens is 332 g/mol. The van der Waals surface area contributed by atoms with E-state index in [1.54, 1.807) is 24.0 Å². The molecule has 0 unspecified atom stereocenters. The van der Waals surface area contributed by atoms with Crippen molar-refractivity contribution in [3.05, 3.63) is 36.5 Å². The molecule has 1 aliphatic rings. The zero-order chi connectivity index (χ0) is 17.5. The monoisotopic (exact) mass is 350 g/mol. The van der Waals surface area contributed by atoms with Gasteiger partial charge in [0.25, 0.3) is 0 Å². The van der Waals surface area contributed by atoms with Gasteiger partial charge in [-0.3, -0.25) is 0 Å². The van der Waals surface area contributed by atoms with Crippen molar-refractivity contribution in [2.75, 3.05) is 25.1 Å². The largest absolute Gasteiger partial charge is 0.480 e. The van der Waals surface area contributed by atoms with Crippen LogP contribution < -0.4 is 9.64 Å². The fourth-order valence-electron chi connectivity index (χ4n) is 3.61. The molecule has 0 radical (unpaired) electrons. The standard InChI is InChI=1S/C17H18N8O/c1-26-14-3-2-13-21-22-16(25(13)23-14)11-5-8-24(9-6-11)17-12-4-7-18-15(12)19-10-20-17/h2-4,7,10-11H,5-6,8-9H2,1H3,(H,18,19,20). The lowest BCUT2D eigenvalue weighted by Crippen LogP contribution is -2.34. The van der Waals surface area contributed by atoms with E-state index in [2.05, 4.69) is 35.1 Å². The summed E-state index contributed by atoms with van der Waals surface area (Å²) in [6, 6.07) is 5.70. The number of hydrogen-bond donors (Lipinski definition) is 1. The topological polar surface area (TPSA) is 97.1 Å². The van der Waals surface area contributed by atoms with Crippen LogP contribution in [0.2, 0.25) is 0 Å². The molecule has 4 aromatic heterocycles. The van der Waals surface area contributed by atoms with Gasteiger partial charge in [-0.2, -0.15) is 4.52 Å². The number of rotatable bonds is 3. The molecule has 0 atom stereocenters. The van der Waals surface area contributed by atoms with E-state index >= 15 is 0 Å². The Morgan fingerprint density at radius 2 is 2.00 bits per heavy atom. The molecule has 5 heterocycles. The Kier molecular flexibility index (Phi) is 3.44. The van der Waals surface area contributed by atoms with Crippen LogP contribution in [0.5, 0.6) is 5.88 Å². The Morgan fingerprint density at radius 1 is 1.12 bits per heavy atom. The molecular formula is C17H18N8O. The number of piperidine rings is 1. The van der Waals surface area contributed by atoms with Crippen LogP contribution in [0, 0.1) is 0 Å². The van der Waals surface area contributed by atoms with E-state index in [1.807, 2.05) is 18.3 Å². The van der Waals surface area contributed by atoms with Crippen molar-refractivity contribution >= 4 is 22.5 Å². The summed E-state index contributed by atoms with van der Waals surface area (Å²) in [5, 5.41) is 14.1. The van der Waals surface area contributed by atoms with Crippen molar-refractivity contribution in [3.63, 3.8) is 0 Å². The summed E-state index contributed by atoms with van der Waals surface area (Å²) in [5.74, 6) is 2.75. The third-order valence-corrected chi connectivity index (χ3v) is 4.96. The van der Waals surface area contributed by atoms with Crippen LogP contribution >= 0.6 is 0 Å². The number of H-pyrrole nitrogens is 1. The fourth-order valence-corrected chi connectivity index (χ4v) is 3.61. The quantitative estimate of drug-likeness (QED) is 0.601. The number of anilines is 1. The maximum atomic E-state index is 5.23. The molecule has 1 N–H and O–H groups in total. The van der Waals surface area contributed by atoms with Gasteiger partial charge in [0.05, 0.1) is 12.5 Å². The summed E-state index contributed by atoms with van der Waals surface area (Å²) in [5.41, 5.74) is 1.62. The van der Waals surface area contributed by atoms with Crippen LogP contribution in [0.25, 0.3) is 16.7 Å². The van der Waals surface area contributed by atoms with Crippen LogP contribution in [-0.4, -0.2) is 55.0 Å². The maximum absolute atomic E-state index is 5.23. The minimum absolute atomic E-state index is 0.310. The summed E-state index contributed by atoms with van der Waals surface area (Å²) in [6.07, 6.45) is 5.45. The minimum atomic E-state index is 0.310. The minimum Gasteiger partial charge on any atom is -0.480 e. The van der Waals surface area contributed by atoms with Gasteiger partial charge in [-0.1, -0.05) is 0 Å².